The number of hydrogen-bond acceptors (Lipinski definition) is 6. The van der Waals surface area contributed by atoms with Crippen molar-refractivity contribution < 1.29 is 26.4 Å². The number of aryl methyl sites for hydroxylation is 1. The maximum Gasteiger partial charge on any atom is 0.301 e. The Kier molecular flexibility index (Phi) is 6.34. The van der Waals surface area contributed by atoms with Crippen molar-refractivity contribution in [2.75, 3.05) is 12.4 Å². The number of rotatable bonds is 7. The summed E-state index contributed by atoms with van der Waals surface area (Å²) >= 11 is 0.823. The summed E-state index contributed by atoms with van der Waals surface area (Å²) in [5.41, 5.74) is 0.412. The lowest BCUT2D eigenvalue weighted by Gasteiger charge is -1.98. The van der Waals surface area contributed by atoms with Crippen molar-refractivity contribution in [3.8, 4) is 0 Å². The van der Waals surface area contributed by atoms with Gasteiger partial charge in [-0.25, -0.2) is 17.8 Å². The van der Waals surface area contributed by atoms with Gasteiger partial charge in [-0.05, 0) is 13.8 Å². The molecule has 0 fully saturated rings. The zero-order chi connectivity index (χ0) is 16.0. The van der Waals surface area contributed by atoms with Crippen LogP contribution in [0.2, 0.25) is 0 Å². The van der Waals surface area contributed by atoms with Crippen LogP contribution in [0.15, 0.2) is 21.4 Å². The molecule has 0 N–H and O–H groups in total. The first-order valence-electron chi connectivity index (χ1n) is 5.83. The van der Waals surface area contributed by atoms with E-state index in [9.17, 15) is 21.6 Å². The fourth-order valence-electron chi connectivity index (χ4n) is 1.20. The molecule has 118 valence electrons. The highest BCUT2D eigenvalue weighted by molar-refractivity contribution is 7.93. The highest BCUT2D eigenvalue weighted by Crippen LogP contribution is 2.24. The molecule has 10 heteroatoms. The predicted octanol–water partition coefficient (Wildman–Crippen LogP) is 3.06. The van der Waals surface area contributed by atoms with E-state index < -0.39 is 33.9 Å². The van der Waals surface area contributed by atoms with Crippen molar-refractivity contribution in [1.82, 2.24) is 4.98 Å². The van der Waals surface area contributed by atoms with Crippen LogP contribution in [-0.2, 0) is 14.7 Å². The van der Waals surface area contributed by atoms with Crippen LogP contribution in [0, 0.1) is 6.92 Å². The van der Waals surface area contributed by atoms with E-state index in [1.54, 1.807) is 13.8 Å². The summed E-state index contributed by atoms with van der Waals surface area (Å²) < 4.78 is 60.0. The zero-order valence-corrected chi connectivity index (χ0v) is 12.9. The second kappa shape index (κ2) is 7.55. The van der Waals surface area contributed by atoms with Crippen LogP contribution in [0.3, 0.4) is 0 Å². The van der Waals surface area contributed by atoms with Crippen LogP contribution in [-0.4, -0.2) is 32.0 Å². The minimum Gasteiger partial charge on any atom is -0.396 e. The molecule has 1 aromatic heterocycles. The van der Waals surface area contributed by atoms with Gasteiger partial charge in [-0.2, -0.15) is 8.78 Å². The van der Waals surface area contributed by atoms with Crippen LogP contribution in [0.25, 0.3) is 0 Å². The van der Waals surface area contributed by atoms with Crippen LogP contribution < -0.4 is 0 Å². The smallest absolute Gasteiger partial charge is 0.301 e. The maximum atomic E-state index is 12.7. The van der Waals surface area contributed by atoms with Crippen LogP contribution in [0.1, 0.15) is 23.9 Å². The molecule has 21 heavy (non-hydrogen) atoms. The molecule has 0 aromatic carbocycles. The first-order valence-corrected chi connectivity index (χ1v) is 8.30. The van der Waals surface area contributed by atoms with Gasteiger partial charge in [0.25, 0.3) is 0 Å². The van der Waals surface area contributed by atoms with Crippen molar-refractivity contribution in [3.63, 3.8) is 0 Å². The Balaban J connectivity index is 2.90. The number of halogens is 3. The largest absolute Gasteiger partial charge is 0.396 e. The third-order valence-electron chi connectivity index (χ3n) is 2.25. The Bertz CT molecular complexity index is 650. The molecule has 0 bridgehead atoms. The first kappa shape index (κ1) is 17.6. The fraction of sp³-hybridized carbons (Fsp3) is 0.455. The number of oxime groups is 1. The summed E-state index contributed by atoms with van der Waals surface area (Å²) in [6, 6.07) is 0. The molecule has 0 spiro atoms. The van der Waals surface area contributed by atoms with Crippen molar-refractivity contribution >= 4 is 27.4 Å². The second-order valence-corrected chi connectivity index (χ2v) is 7.13. The third-order valence-corrected chi connectivity index (χ3v) is 5.51. The summed E-state index contributed by atoms with van der Waals surface area (Å²) in [6.07, 6.45) is -2.08. The highest BCUT2D eigenvalue weighted by Gasteiger charge is 2.22. The molecule has 1 rings (SSSR count). The van der Waals surface area contributed by atoms with Crippen molar-refractivity contribution in [1.29, 1.82) is 0 Å². The maximum absolute atomic E-state index is 12.7. The van der Waals surface area contributed by atoms with Crippen molar-refractivity contribution in [2.24, 2.45) is 5.16 Å². The van der Waals surface area contributed by atoms with E-state index in [1.165, 1.54) is 6.21 Å². The summed E-state index contributed by atoms with van der Waals surface area (Å²) in [4.78, 5) is 9.06. The zero-order valence-electron chi connectivity index (χ0n) is 11.3. The Morgan fingerprint density at radius 2 is 2.10 bits per heavy atom. The lowest BCUT2D eigenvalue weighted by Crippen LogP contribution is -2.07. The summed E-state index contributed by atoms with van der Waals surface area (Å²) in [7, 11) is -3.92. The summed E-state index contributed by atoms with van der Waals surface area (Å²) in [6.45, 7) is 3.67. The molecule has 0 radical (unpaired) electrons. The summed E-state index contributed by atoms with van der Waals surface area (Å²) in [5, 5.41) is 3.60. The van der Waals surface area contributed by atoms with Gasteiger partial charge in [0.05, 0.1) is 22.5 Å². The normalized spacial score (nSPS) is 11.9. The van der Waals surface area contributed by atoms with Crippen LogP contribution >= 0.6 is 11.3 Å². The molecule has 0 amide bonds. The SMILES string of the molecule is CCON=Cc1sc(S(=O)(=O)CCC(F)=C(F)F)nc1C. The minimum absolute atomic E-state index is 0.259. The molecular formula is C11H13F3N2O3S2. The van der Waals surface area contributed by atoms with Gasteiger partial charge in [0, 0.05) is 6.42 Å². The fourth-order valence-corrected chi connectivity index (χ4v) is 3.79. The highest BCUT2D eigenvalue weighted by atomic mass is 32.2. The Morgan fingerprint density at radius 3 is 2.67 bits per heavy atom. The number of nitrogens with zero attached hydrogens (tertiary/aromatic N) is 2. The molecule has 1 heterocycles. The Hall–Kier alpha value is -1.42. The summed E-state index contributed by atoms with van der Waals surface area (Å²) in [5.74, 6) is -2.50. The van der Waals surface area contributed by atoms with E-state index in [-0.39, 0.29) is 4.34 Å². The molecule has 1 aromatic rings. The predicted molar refractivity (Wildman–Crippen MR) is 73.1 cm³/mol. The average molecular weight is 342 g/mol. The van der Waals surface area contributed by atoms with Gasteiger partial charge in [-0.3, -0.25) is 0 Å². The molecule has 0 atom stereocenters. The minimum atomic E-state index is -3.92. The van der Waals surface area contributed by atoms with E-state index in [4.69, 9.17) is 4.84 Å². The average Bonchev–Trinajstić information content (AvgIpc) is 2.79. The number of thiazole rings is 1. The number of aromatic nitrogens is 1. The molecule has 0 aliphatic rings. The van der Waals surface area contributed by atoms with E-state index in [2.05, 4.69) is 10.1 Å². The van der Waals surface area contributed by atoms with Crippen molar-refractivity contribution in [2.45, 2.75) is 24.6 Å². The molecule has 0 aliphatic carbocycles. The number of hydrogen-bond donors (Lipinski definition) is 0. The molecule has 0 aliphatic heterocycles. The molecule has 5 nitrogen and oxygen atoms in total. The standard InChI is InChI=1S/C11H13F3N2O3S2/c1-3-19-15-6-9-7(2)16-11(20-9)21(17,18)5-4-8(12)10(13)14/h6H,3-5H2,1-2H3. The molecule has 0 saturated carbocycles. The number of allylic oxidation sites excluding steroid dienone is 1. The molecular weight excluding hydrogens is 329 g/mol. The van der Waals surface area contributed by atoms with Crippen molar-refractivity contribution in [3.05, 3.63) is 22.5 Å². The van der Waals surface area contributed by atoms with Crippen LogP contribution in [0.4, 0.5) is 13.2 Å². The monoisotopic (exact) mass is 342 g/mol. The third kappa shape index (κ3) is 5.12. The number of sulfone groups is 1. The second-order valence-electron chi connectivity index (χ2n) is 3.82. The van der Waals surface area contributed by atoms with E-state index in [1.807, 2.05) is 0 Å². The van der Waals surface area contributed by atoms with Gasteiger partial charge in [-0.1, -0.05) is 5.16 Å². The van der Waals surface area contributed by atoms with Gasteiger partial charge in [0.2, 0.25) is 14.2 Å². The molecule has 0 saturated heterocycles. The first-order chi connectivity index (χ1) is 9.77. The lowest BCUT2D eigenvalue weighted by atomic mass is 10.4. The van der Waals surface area contributed by atoms with Gasteiger partial charge in [0.1, 0.15) is 6.61 Å². The lowest BCUT2D eigenvalue weighted by molar-refractivity contribution is 0.160. The topological polar surface area (TPSA) is 68.6 Å². The van der Waals surface area contributed by atoms with Gasteiger partial charge in [-0.15, -0.1) is 11.3 Å². The van der Waals surface area contributed by atoms with E-state index >= 15 is 0 Å². The molecule has 0 unspecified atom stereocenters. The van der Waals surface area contributed by atoms with Gasteiger partial charge in [0.15, 0.2) is 5.83 Å². The Morgan fingerprint density at radius 1 is 1.43 bits per heavy atom. The van der Waals surface area contributed by atoms with Gasteiger partial charge >= 0.3 is 6.08 Å². The van der Waals surface area contributed by atoms with E-state index in [0.29, 0.717) is 17.2 Å². The van der Waals surface area contributed by atoms with Gasteiger partial charge < -0.3 is 4.84 Å². The van der Waals surface area contributed by atoms with E-state index in [0.717, 1.165) is 11.3 Å². The Labute approximate surface area is 124 Å². The van der Waals surface area contributed by atoms with Crippen LogP contribution in [0.5, 0.6) is 0 Å². The quantitative estimate of drug-likeness (QED) is 0.564.